The van der Waals surface area contributed by atoms with Gasteiger partial charge in [0.1, 0.15) is 0 Å². The zero-order chi connectivity index (χ0) is 18.7. The molecule has 1 rings (SSSR count). The number of hydrogen-bond donors (Lipinski definition) is 4. The minimum Gasteiger partial charge on any atom is -0.480 e. The maximum Gasteiger partial charge on any atom is 0.317 e. The van der Waals surface area contributed by atoms with E-state index < -0.39 is 11.9 Å². The van der Waals surface area contributed by atoms with Gasteiger partial charge in [0.15, 0.2) is 0 Å². The highest BCUT2D eigenvalue weighted by Crippen LogP contribution is 2.04. The van der Waals surface area contributed by atoms with Crippen molar-refractivity contribution in [1.29, 1.82) is 0 Å². The summed E-state index contributed by atoms with van der Waals surface area (Å²) in [6.45, 7) is 5.34. The first-order chi connectivity index (χ1) is 11.9. The van der Waals surface area contributed by atoms with Crippen molar-refractivity contribution in [3.63, 3.8) is 0 Å². The molecule has 0 bridgehead atoms. The Kier molecular flexibility index (Phi) is 9.53. The van der Waals surface area contributed by atoms with Crippen LogP contribution in [-0.2, 0) is 16.1 Å². The second-order valence-electron chi connectivity index (χ2n) is 5.85. The molecule has 0 aliphatic rings. The average molecular weight is 352 g/mol. The molecule has 8 heteroatoms. The molecule has 0 amide bonds. The van der Waals surface area contributed by atoms with Gasteiger partial charge in [-0.15, -0.1) is 0 Å². The molecule has 5 N–H and O–H groups in total. The fourth-order valence-electron chi connectivity index (χ4n) is 2.39. The number of anilines is 1. The first-order valence-corrected chi connectivity index (χ1v) is 8.34. The maximum absolute atomic E-state index is 11.0. The Labute approximate surface area is 148 Å². The normalized spacial score (nSPS) is 11.2. The quantitative estimate of drug-likeness (QED) is 0.293. The Morgan fingerprint density at radius 2 is 1.56 bits per heavy atom. The smallest absolute Gasteiger partial charge is 0.317 e. The molecule has 0 aliphatic heterocycles. The fourth-order valence-corrected chi connectivity index (χ4v) is 2.39. The summed E-state index contributed by atoms with van der Waals surface area (Å²) in [6, 6.07) is 7.58. The lowest BCUT2D eigenvalue weighted by Crippen LogP contribution is -2.42. The van der Waals surface area contributed by atoms with Crippen molar-refractivity contribution in [3.8, 4) is 0 Å². The number of benzene rings is 1. The van der Waals surface area contributed by atoms with Gasteiger partial charge in [-0.1, -0.05) is 19.1 Å². The topological polar surface area (TPSA) is 119 Å². The minimum atomic E-state index is -0.889. The predicted octanol–water partition coefficient (Wildman–Crippen LogP) is 0.152. The first kappa shape index (κ1) is 20.9. The number of nitrogens with one attached hydrogen (secondary N) is 1. The number of carbonyl (C=O) groups is 2. The van der Waals surface area contributed by atoms with Crippen LogP contribution in [0, 0.1) is 0 Å². The number of nitrogen functional groups attached to an aromatic ring is 1. The van der Waals surface area contributed by atoms with Crippen molar-refractivity contribution in [1.82, 2.24) is 15.1 Å². The molecule has 0 saturated heterocycles. The molecule has 25 heavy (non-hydrogen) atoms. The van der Waals surface area contributed by atoms with Crippen LogP contribution in [-0.4, -0.2) is 77.8 Å². The van der Waals surface area contributed by atoms with Crippen molar-refractivity contribution in [2.75, 3.05) is 51.5 Å². The van der Waals surface area contributed by atoms with Gasteiger partial charge in [0.2, 0.25) is 0 Å². The summed E-state index contributed by atoms with van der Waals surface area (Å²) >= 11 is 0. The van der Waals surface area contributed by atoms with Crippen LogP contribution < -0.4 is 11.1 Å². The summed E-state index contributed by atoms with van der Waals surface area (Å²) < 4.78 is 0. The van der Waals surface area contributed by atoms with Crippen molar-refractivity contribution >= 4 is 17.6 Å². The molecule has 0 fully saturated rings. The van der Waals surface area contributed by atoms with Gasteiger partial charge < -0.3 is 21.3 Å². The van der Waals surface area contributed by atoms with E-state index in [9.17, 15) is 9.59 Å². The molecule has 0 saturated carbocycles. The Balaban J connectivity index is 2.37. The van der Waals surface area contributed by atoms with E-state index in [1.807, 2.05) is 36.1 Å². The van der Waals surface area contributed by atoms with Crippen molar-refractivity contribution in [3.05, 3.63) is 29.8 Å². The van der Waals surface area contributed by atoms with Crippen LogP contribution in [0.5, 0.6) is 0 Å². The molecule has 0 atom stereocenters. The SMILES string of the molecule is CCN(CCN(CCNCc1ccc(N)cc1)CC(=O)O)CC(=O)O. The summed E-state index contributed by atoms with van der Waals surface area (Å²) in [6.07, 6.45) is 0. The van der Waals surface area contributed by atoms with E-state index in [1.165, 1.54) is 0 Å². The van der Waals surface area contributed by atoms with Crippen LogP contribution in [0.3, 0.4) is 0 Å². The first-order valence-electron chi connectivity index (χ1n) is 8.34. The van der Waals surface area contributed by atoms with Crippen LogP contribution in [0.25, 0.3) is 0 Å². The van der Waals surface area contributed by atoms with Gasteiger partial charge in [0, 0.05) is 38.4 Å². The van der Waals surface area contributed by atoms with E-state index in [1.54, 1.807) is 4.90 Å². The summed E-state index contributed by atoms with van der Waals surface area (Å²) in [5.74, 6) is -1.77. The Hall–Kier alpha value is -2.16. The fraction of sp³-hybridized carbons (Fsp3) is 0.529. The lowest BCUT2D eigenvalue weighted by molar-refractivity contribution is -0.140. The summed E-state index contributed by atoms with van der Waals surface area (Å²) in [5, 5.41) is 21.2. The number of likely N-dealkylation sites (N-methyl/N-ethyl adjacent to an activating group) is 1. The van der Waals surface area contributed by atoms with Gasteiger partial charge in [0.25, 0.3) is 0 Å². The zero-order valence-electron chi connectivity index (χ0n) is 14.6. The zero-order valence-corrected chi connectivity index (χ0v) is 14.6. The second-order valence-corrected chi connectivity index (χ2v) is 5.85. The van der Waals surface area contributed by atoms with Crippen LogP contribution in [0.4, 0.5) is 5.69 Å². The van der Waals surface area contributed by atoms with Crippen molar-refractivity contribution in [2.45, 2.75) is 13.5 Å². The highest BCUT2D eigenvalue weighted by atomic mass is 16.4. The molecule has 0 heterocycles. The monoisotopic (exact) mass is 352 g/mol. The van der Waals surface area contributed by atoms with Crippen LogP contribution in [0.15, 0.2) is 24.3 Å². The third-order valence-electron chi connectivity index (χ3n) is 3.81. The molecule has 0 aromatic heterocycles. The molecular weight excluding hydrogens is 324 g/mol. The second kappa shape index (κ2) is 11.4. The van der Waals surface area contributed by atoms with Crippen LogP contribution >= 0.6 is 0 Å². The number of carboxylic acid groups (broad SMARTS) is 2. The molecule has 0 radical (unpaired) electrons. The van der Waals surface area contributed by atoms with E-state index in [0.29, 0.717) is 39.3 Å². The van der Waals surface area contributed by atoms with Gasteiger partial charge in [-0.3, -0.25) is 19.4 Å². The van der Waals surface area contributed by atoms with Crippen molar-refractivity contribution < 1.29 is 19.8 Å². The molecular formula is C17H28N4O4. The number of nitrogens with zero attached hydrogens (tertiary/aromatic N) is 2. The third-order valence-corrected chi connectivity index (χ3v) is 3.81. The van der Waals surface area contributed by atoms with E-state index in [2.05, 4.69) is 5.32 Å². The number of hydrogen-bond acceptors (Lipinski definition) is 6. The molecule has 0 unspecified atom stereocenters. The average Bonchev–Trinajstić information content (AvgIpc) is 2.55. The number of rotatable bonds is 13. The molecule has 0 spiro atoms. The van der Waals surface area contributed by atoms with Gasteiger partial charge in [-0.25, -0.2) is 0 Å². The van der Waals surface area contributed by atoms with E-state index in [-0.39, 0.29) is 13.1 Å². The molecule has 8 nitrogen and oxygen atoms in total. The molecule has 1 aromatic rings. The minimum absolute atomic E-state index is 0.0349. The van der Waals surface area contributed by atoms with Gasteiger partial charge in [-0.05, 0) is 24.2 Å². The lowest BCUT2D eigenvalue weighted by atomic mass is 10.2. The number of nitrogens with two attached hydrogens (primary N) is 1. The third kappa shape index (κ3) is 9.65. The van der Waals surface area contributed by atoms with Crippen LogP contribution in [0.2, 0.25) is 0 Å². The maximum atomic E-state index is 11.0. The summed E-state index contributed by atoms with van der Waals surface area (Å²) in [4.78, 5) is 25.4. The molecule has 140 valence electrons. The van der Waals surface area contributed by atoms with E-state index in [4.69, 9.17) is 15.9 Å². The van der Waals surface area contributed by atoms with Crippen molar-refractivity contribution in [2.24, 2.45) is 0 Å². The Morgan fingerprint density at radius 3 is 2.12 bits per heavy atom. The largest absolute Gasteiger partial charge is 0.480 e. The van der Waals surface area contributed by atoms with Gasteiger partial charge in [0.05, 0.1) is 13.1 Å². The highest BCUT2D eigenvalue weighted by molar-refractivity contribution is 5.69. The number of carboxylic acids is 2. The predicted molar refractivity (Wildman–Crippen MR) is 96.4 cm³/mol. The van der Waals surface area contributed by atoms with E-state index >= 15 is 0 Å². The molecule has 0 aliphatic carbocycles. The molecule has 1 aromatic carbocycles. The van der Waals surface area contributed by atoms with E-state index in [0.717, 1.165) is 11.3 Å². The summed E-state index contributed by atoms with van der Waals surface area (Å²) in [7, 11) is 0. The highest BCUT2D eigenvalue weighted by Gasteiger charge is 2.13. The number of aliphatic carboxylic acids is 2. The van der Waals surface area contributed by atoms with Crippen LogP contribution in [0.1, 0.15) is 12.5 Å². The Morgan fingerprint density at radius 1 is 1.00 bits per heavy atom. The Bertz CT molecular complexity index is 536. The standard InChI is InChI=1S/C17H28N4O4/c1-2-20(12-16(22)23)9-10-21(13-17(24)25)8-7-19-11-14-3-5-15(18)6-4-14/h3-6,19H,2,7-13,18H2,1H3,(H,22,23)(H,24,25). The van der Waals surface area contributed by atoms with Gasteiger partial charge in [-0.2, -0.15) is 0 Å². The summed E-state index contributed by atoms with van der Waals surface area (Å²) in [5.41, 5.74) is 7.47. The lowest BCUT2D eigenvalue weighted by Gasteiger charge is -2.25. The van der Waals surface area contributed by atoms with Gasteiger partial charge >= 0.3 is 11.9 Å².